The van der Waals surface area contributed by atoms with E-state index < -0.39 is 29.7 Å². The Morgan fingerprint density at radius 2 is 1.76 bits per heavy atom. The Hall–Kier alpha value is -3.23. The predicted molar refractivity (Wildman–Crippen MR) is 120 cm³/mol. The number of rotatable bonds is 4. The molecule has 174 valence electrons. The molecule has 0 radical (unpaired) electrons. The fourth-order valence-corrected chi connectivity index (χ4v) is 4.04. The molecule has 0 spiro atoms. The summed E-state index contributed by atoms with van der Waals surface area (Å²) in [6.45, 7) is 6.48. The second-order valence-electron chi connectivity index (χ2n) is 9.24. The van der Waals surface area contributed by atoms with Crippen LogP contribution >= 0.6 is 0 Å². The van der Waals surface area contributed by atoms with Crippen molar-refractivity contribution in [3.05, 3.63) is 65.2 Å². The number of carbonyl (C=O) groups excluding carboxylic acids is 3. The lowest BCUT2D eigenvalue weighted by Gasteiger charge is -2.34. The number of nitrogens with zero attached hydrogens (tertiary/aromatic N) is 2. The van der Waals surface area contributed by atoms with Crippen LogP contribution in [0.4, 0.5) is 5.69 Å². The highest BCUT2D eigenvalue weighted by Crippen LogP contribution is 2.27. The first-order valence-electron chi connectivity index (χ1n) is 10.9. The van der Waals surface area contributed by atoms with E-state index in [1.165, 1.54) is 4.90 Å². The highest BCUT2D eigenvalue weighted by Gasteiger charge is 2.41. The van der Waals surface area contributed by atoms with Crippen LogP contribution in [0.15, 0.2) is 48.5 Å². The van der Waals surface area contributed by atoms with Gasteiger partial charge >= 0.3 is 5.97 Å². The van der Waals surface area contributed by atoms with E-state index in [-0.39, 0.29) is 19.1 Å². The molecule has 2 aromatic carbocycles. The Morgan fingerprint density at radius 1 is 1.09 bits per heavy atom. The van der Waals surface area contributed by atoms with Gasteiger partial charge in [-0.2, -0.15) is 0 Å². The molecule has 8 heteroatoms. The molecule has 0 bridgehead atoms. The molecule has 4 rings (SSSR count). The van der Waals surface area contributed by atoms with E-state index in [4.69, 9.17) is 9.47 Å². The van der Waals surface area contributed by atoms with E-state index in [0.717, 1.165) is 11.1 Å². The average Bonchev–Trinajstić information content (AvgIpc) is 3.21. The Labute approximate surface area is 192 Å². The molecule has 0 aliphatic carbocycles. The number of aliphatic hydroxyl groups is 1. The van der Waals surface area contributed by atoms with Crippen LogP contribution < -0.4 is 4.90 Å². The maximum atomic E-state index is 13.1. The zero-order chi connectivity index (χ0) is 23.8. The number of morpholine rings is 1. The fourth-order valence-electron chi connectivity index (χ4n) is 4.04. The van der Waals surface area contributed by atoms with Crippen LogP contribution in [-0.2, 0) is 32.2 Å². The summed E-state index contributed by atoms with van der Waals surface area (Å²) in [5.41, 5.74) is 2.42. The lowest BCUT2D eigenvalue weighted by molar-refractivity contribution is -0.177. The van der Waals surface area contributed by atoms with Crippen molar-refractivity contribution in [2.24, 2.45) is 0 Å². The van der Waals surface area contributed by atoms with Gasteiger partial charge in [0.15, 0.2) is 12.2 Å². The summed E-state index contributed by atoms with van der Waals surface area (Å²) in [6.07, 6.45) is -3.12. The SMILES string of the molecule is CC(C)(C)OC(=O)C(O)C1OCCN(c2cccc(C(=O)N3Cc4ccccc4C3)c2)C1=O. The number of fused-ring (bicyclic) bond motifs is 1. The maximum Gasteiger partial charge on any atom is 0.338 e. The Morgan fingerprint density at radius 3 is 2.39 bits per heavy atom. The first-order valence-corrected chi connectivity index (χ1v) is 10.9. The first kappa shape index (κ1) is 22.9. The van der Waals surface area contributed by atoms with Crippen molar-refractivity contribution in [2.45, 2.75) is 51.7 Å². The van der Waals surface area contributed by atoms with Crippen LogP contribution in [0.1, 0.15) is 42.3 Å². The van der Waals surface area contributed by atoms with Crippen molar-refractivity contribution in [1.29, 1.82) is 0 Å². The number of hydrogen-bond donors (Lipinski definition) is 1. The van der Waals surface area contributed by atoms with E-state index in [1.54, 1.807) is 49.9 Å². The summed E-state index contributed by atoms with van der Waals surface area (Å²) >= 11 is 0. The second-order valence-corrected chi connectivity index (χ2v) is 9.24. The molecular weight excluding hydrogens is 424 g/mol. The number of carbonyl (C=O) groups is 3. The Kier molecular flexibility index (Phi) is 6.23. The average molecular weight is 453 g/mol. The summed E-state index contributed by atoms with van der Waals surface area (Å²) in [7, 11) is 0. The molecule has 0 saturated carbocycles. The van der Waals surface area contributed by atoms with Gasteiger partial charge in [0.2, 0.25) is 0 Å². The van der Waals surface area contributed by atoms with Gasteiger partial charge in [-0.3, -0.25) is 9.59 Å². The number of hydrogen-bond acceptors (Lipinski definition) is 6. The lowest BCUT2D eigenvalue weighted by Crippen LogP contribution is -2.55. The van der Waals surface area contributed by atoms with Crippen molar-refractivity contribution in [2.75, 3.05) is 18.1 Å². The van der Waals surface area contributed by atoms with Crippen molar-refractivity contribution < 1.29 is 29.0 Å². The quantitative estimate of drug-likeness (QED) is 0.715. The number of benzene rings is 2. The summed E-state index contributed by atoms with van der Waals surface area (Å²) in [5.74, 6) is -1.60. The highest BCUT2D eigenvalue weighted by molar-refractivity contribution is 6.02. The standard InChI is InChI=1S/C25H28N2O6/c1-25(2,3)33-24(31)20(28)21-23(30)27(11-12-32-21)19-10-6-9-16(13-19)22(29)26-14-17-7-4-5-8-18(17)15-26/h4-10,13,20-21,28H,11-12,14-15H2,1-3H3. The molecule has 2 amide bonds. The third-order valence-electron chi connectivity index (χ3n) is 5.59. The zero-order valence-electron chi connectivity index (χ0n) is 19.0. The van der Waals surface area contributed by atoms with Gasteiger partial charge in [0.05, 0.1) is 6.61 Å². The monoisotopic (exact) mass is 452 g/mol. The summed E-state index contributed by atoms with van der Waals surface area (Å²) in [4.78, 5) is 41.6. The van der Waals surface area contributed by atoms with Crippen LogP contribution in [0.3, 0.4) is 0 Å². The summed E-state index contributed by atoms with van der Waals surface area (Å²) in [6, 6.07) is 14.8. The van der Waals surface area contributed by atoms with Crippen LogP contribution in [0.2, 0.25) is 0 Å². The van der Waals surface area contributed by atoms with Gasteiger partial charge in [0.25, 0.3) is 11.8 Å². The number of ether oxygens (including phenoxy) is 2. The first-order chi connectivity index (χ1) is 15.6. The van der Waals surface area contributed by atoms with Crippen molar-refractivity contribution in [3.63, 3.8) is 0 Å². The molecule has 2 atom stereocenters. The van der Waals surface area contributed by atoms with Gasteiger partial charge in [-0.25, -0.2) is 4.79 Å². The largest absolute Gasteiger partial charge is 0.458 e. The van der Waals surface area contributed by atoms with Gasteiger partial charge in [-0.1, -0.05) is 30.3 Å². The number of aliphatic hydroxyl groups excluding tert-OH is 1. The van der Waals surface area contributed by atoms with Gasteiger partial charge in [0, 0.05) is 30.9 Å². The zero-order valence-corrected chi connectivity index (χ0v) is 19.0. The van der Waals surface area contributed by atoms with E-state index >= 15 is 0 Å². The van der Waals surface area contributed by atoms with Gasteiger partial charge in [-0.15, -0.1) is 0 Å². The molecular formula is C25H28N2O6. The molecule has 8 nitrogen and oxygen atoms in total. The topological polar surface area (TPSA) is 96.4 Å². The molecule has 1 saturated heterocycles. The Balaban J connectivity index is 1.49. The highest BCUT2D eigenvalue weighted by atomic mass is 16.6. The van der Waals surface area contributed by atoms with Crippen molar-refractivity contribution in [1.82, 2.24) is 4.90 Å². The Bertz CT molecular complexity index is 1050. The third-order valence-corrected chi connectivity index (χ3v) is 5.59. The molecule has 33 heavy (non-hydrogen) atoms. The van der Waals surface area contributed by atoms with Crippen LogP contribution in [-0.4, -0.2) is 58.8 Å². The molecule has 2 heterocycles. The van der Waals surface area contributed by atoms with Gasteiger partial charge in [-0.05, 0) is 50.1 Å². The van der Waals surface area contributed by atoms with Crippen LogP contribution in [0.25, 0.3) is 0 Å². The lowest BCUT2D eigenvalue weighted by atomic mass is 10.1. The molecule has 1 fully saturated rings. The van der Waals surface area contributed by atoms with Crippen LogP contribution in [0, 0.1) is 0 Å². The van der Waals surface area contributed by atoms with E-state index in [1.807, 2.05) is 24.3 Å². The summed E-state index contributed by atoms with van der Waals surface area (Å²) in [5, 5.41) is 10.4. The van der Waals surface area contributed by atoms with Crippen LogP contribution in [0.5, 0.6) is 0 Å². The van der Waals surface area contributed by atoms with Gasteiger partial charge < -0.3 is 24.4 Å². The van der Waals surface area contributed by atoms with Gasteiger partial charge in [0.1, 0.15) is 5.60 Å². The number of esters is 1. The van der Waals surface area contributed by atoms with E-state index in [9.17, 15) is 19.5 Å². The third kappa shape index (κ3) is 4.91. The number of anilines is 1. The minimum Gasteiger partial charge on any atom is -0.458 e. The summed E-state index contributed by atoms with van der Waals surface area (Å²) < 4.78 is 10.6. The molecule has 2 aliphatic rings. The van der Waals surface area contributed by atoms with Crippen molar-refractivity contribution >= 4 is 23.5 Å². The van der Waals surface area contributed by atoms with E-state index in [0.29, 0.717) is 24.3 Å². The fraction of sp³-hybridized carbons (Fsp3) is 0.400. The molecule has 1 N–H and O–H groups in total. The predicted octanol–water partition coefficient (Wildman–Crippen LogP) is 2.28. The molecule has 2 aromatic rings. The number of amides is 2. The second kappa shape index (κ2) is 8.96. The maximum absolute atomic E-state index is 13.1. The van der Waals surface area contributed by atoms with Crippen molar-refractivity contribution in [3.8, 4) is 0 Å². The normalized spacial score (nSPS) is 19.3. The molecule has 2 aliphatic heterocycles. The minimum absolute atomic E-state index is 0.126. The van der Waals surface area contributed by atoms with E-state index in [2.05, 4.69) is 0 Å². The molecule has 0 aromatic heterocycles. The smallest absolute Gasteiger partial charge is 0.338 e. The molecule has 2 unspecified atom stereocenters. The minimum atomic E-state index is -1.74.